The minimum absolute atomic E-state index is 0.0329. The molecule has 1 atom stereocenters. The van der Waals surface area contributed by atoms with Gasteiger partial charge in [-0.2, -0.15) is 9.97 Å². The molecule has 1 unspecified atom stereocenters. The molecule has 8 heteroatoms. The average Bonchev–Trinajstić information content (AvgIpc) is 2.59. The highest BCUT2D eigenvalue weighted by atomic mass is 16.5. The van der Waals surface area contributed by atoms with Gasteiger partial charge in [-0.15, -0.1) is 0 Å². The Bertz CT molecular complexity index is 622. The van der Waals surface area contributed by atoms with Crippen LogP contribution >= 0.6 is 0 Å². The molecule has 0 radical (unpaired) electrons. The van der Waals surface area contributed by atoms with Crippen molar-refractivity contribution in [3.8, 4) is 17.8 Å². The fourth-order valence-corrected chi connectivity index (χ4v) is 2.23. The molecule has 0 fully saturated rings. The number of allylic oxidation sites excluding steroid dienone is 2. The molecule has 24 heavy (non-hydrogen) atoms. The Morgan fingerprint density at radius 3 is 2.50 bits per heavy atom. The number of rotatable bonds is 8. The molecule has 0 aromatic carbocycles. The largest absolute Gasteiger partial charge is 0.481 e. The molecule has 8 nitrogen and oxygen atoms in total. The van der Waals surface area contributed by atoms with E-state index in [-0.39, 0.29) is 23.5 Å². The Morgan fingerprint density at radius 1 is 1.29 bits per heavy atom. The number of nitrogens with zero attached hydrogens (tertiary/aromatic N) is 3. The van der Waals surface area contributed by atoms with Crippen molar-refractivity contribution in [2.24, 2.45) is 0 Å². The summed E-state index contributed by atoms with van der Waals surface area (Å²) in [6, 6.07) is 0.543. The van der Waals surface area contributed by atoms with Gasteiger partial charge in [-0.25, -0.2) is 4.79 Å². The lowest BCUT2D eigenvalue weighted by Gasteiger charge is -2.30. The van der Waals surface area contributed by atoms with Crippen LogP contribution < -0.4 is 14.2 Å². The Morgan fingerprint density at radius 2 is 1.96 bits per heavy atom. The zero-order valence-corrected chi connectivity index (χ0v) is 13.9. The molecule has 0 aliphatic carbocycles. The van der Waals surface area contributed by atoms with Gasteiger partial charge in [0.1, 0.15) is 5.76 Å². The Balaban J connectivity index is 2.25. The van der Waals surface area contributed by atoms with E-state index in [9.17, 15) is 9.90 Å². The number of hydrogen-bond donors (Lipinski definition) is 1. The van der Waals surface area contributed by atoms with Crippen LogP contribution in [-0.2, 0) is 4.79 Å². The summed E-state index contributed by atoms with van der Waals surface area (Å²) >= 11 is 0. The van der Waals surface area contributed by atoms with E-state index in [1.807, 2.05) is 6.92 Å². The van der Waals surface area contributed by atoms with Gasteiger partial charge in [0, 0.05) is 12.7 Å². The molecule has 1 aliphatic rings. The first-order valence-corrected chi connectivity index (χ1v) is 7.60. The van der Waals surface area contributed by atoms with Gasteiger partial charge in [-0.05, 0) is 18.6 Å². The molecule has 0 spiro atoms. The number of aromatic nitrogens is 2. The quantitative estimate of drug-likeness (QED) is 0.769. The van der Waals surface area contributed by atoms with Crippen LogP contribution in [0.5, 0.6) is 17.8 Å². The molecule has 1 aliphatic heterocycles. The Labute approximate surface area is 140 Å². The second-order valence-electron chi connectivity index (χ2n) is 5.08. The number of hydrogen-bond acceptors (Lipinski definition) is 7. The molecule has 1 N–H and O–H groups in total. The van der Waals surface area contributed by atoms with Crippen LogP contribution in [0.1, 0.15) is 19.8 Å². The molecule has 0 amide bonds. The van der Waals surface area contributed by atoms with Crippen molar-refractivity contribution < 1.29 is 24.1 Å². The lowest BCUT2D eigenvalue weighted by molar-refractivity contribution is -0.141. The van der Waals surface area contributed by atoms with Crippen LogP contribution in [0.4, 0.5) is 0 Å². The number of unbranched alkanes of at least 4 members (excludes halogenated alkanes) is 1. The van der Waals surface area contributed by atoms with Crippen LogP contribution in [0, 0.1) is 0 Å². The van der Waals surface area contributed by atoms with Crippen molar-refractivity contribution in [3.63, 3.8) is 0 Å². The van der Waals surface area contributed by atoms with Crippen molar-refractivity contribution in [1.82, 2.24) is 14.9 Å². The van der Waals surface area contributed by atoms with Crippen LogP contribution in [0.25, 0.3) is 0 Å². The normalized spacial score (nSPS) is 16.5. The standard InChI is InChI=1S/C16H21N3O5/c1-4-5-8-19-9-6-7-11(14(19)15(20)21)24-16-17-12(22-2)10-13(18-16)23-3/h6-7,9-10,14H,4-5,8H2,1-3H3,(H,20,21). The van der Waals surface area contributed by atoms with E-state index in [2.05, 4.69) is 9.97 Å². The van der Waals surface area contributed by atoms with Gasteiger partial charge in [0.25, 0.3) is 0 Å². The minimum Gasteiger partial charge on any atom is -0.481 e. The molecule has 0 bridgehead atoms. The average molecular weight is 335 g/mol. The maximum Gasteiger partial charge on any atom is 0.334 e. The molecule has 1 aromatic heterocycles. The highest BCUT2D eigenvalue weighted by Crippen LogP contribution is 2.24. The predicted octanol–water partition coefficient (Wildman–Crippen LogP) is 1.84. The number of aliphatic carboxylic acids is 1. The first kappa shape index (κ1) is 17.6. The van der Waals surface area contributed by atoms with E-state index in [1.165, 1.54) is 20.3 Å². The highest BCUT2D eigenvalue weighted by Gasteiger charge is 2.31. The van der Waals surface area contributed by atoms with Crippen molar-refractivity contribution >= 4 is 5.97 Å². The second kappa shape index (κ2) is 8.19. The van der Waals surface area contributed by atoms with Crippen molar-refractivity contribution in [2.75, 3.05) is 20.8 Å². The molecule has 2 rings (SSSR count). The van der Waals surface area contributed by atoms with Gasteiger partial charge in [0.2, 0.25) is 11.8 Å². The summed E-state index contributed by atoms with van der Waals surface area (Å²) in [5.41, 5.74) is 0. The fraction of sp³-hybridized carbons (Fsp3) is 0.438. The molecular formula is C16H21N3O5. The summed E-state index contributed by atoms with van der Waals surface area (Å²) in [6.45, 7) is 2.67. The SMILES string of the molecule is CCCCN1C=CC=C(Oc2nc(OC)cc(OC)n2)C1C(=O)O. The van der Waals surface area contributed by atoms with E-state index >= 15 is 0 Å². The number of ether oxygens (including phenoxy) is 3. The van der Waals surface area contributed by atoms with Gasteiger partial charge in [0.15, 0.2) is 6.04 Å². The van der Waals surface area contributed by atoms with Gasteiger partial charge in [-0.1, -0.05) is 13.3 Å². The fourth-order valence-electron chi connectivity index (χ4n) is 2.23. The zero-order valence-electron chi connectivity index (χ0n) is 13.9. The third-order valence-corrected chi connectivity index (χ3v) is 3.43. The maximum absolute atomic E-state index is 11.7. The van der Waals surface area contributed by atoms with Gasteiger partial charge in [-0.3, -0.25) is 0 Å². The summed E-state index contributed by atoms with van der Waals surface area (Å²) in [4.78, 5) is 21.5. The van der Waals surface area contributed by atoms with Crippen LogP contribution in [0.2, 0.25) is 0 Å². The number of methoxy groups -OCH3 is 2. The molecule has 1 aromatic rings. The van der Waals surface area contributed by atoms with Crippen LogP contribution in [-0.4, -0.2) is 52.7 Å². The topological polar surface area (TPSA) is 94.0 Å². The van der Waals surface area contributed by atoms with E-state index in [1.54, 1.807) is 23.3 Å². The highest BCUT2D eigenvalue weighted by molar-refractivity contribution is 5.77. The number of carboxylic acids is 1. The van der Waals surface area contributed by atoms with E-state index in [0.717, 1.165) is 12.8 Å². The number of carbonyl (C=O) groups is 1. The van der Waals surface area contributed by atoms with Gasteiger partial charge in [0.05, 0.1) is 20.3 Å². The zero-order chi connectivity index (χ0) is 17.5. The second-order valence-corrected chi connectivity index (χ2v) is 5.08. The summed E-state index contributed by atoms with van der Waals surface area (Å²) in [5.74, 6) is -0.245. The van der Waals surface area contributed by atoms with Gasteiger partial charge >= 0.3 is 12.0 Å². The Hall–Kier alpha value is -2.77. The first-order chi connectivity index (χ1) is 11.6. The summed E-state index contributed by atoms with van der Waals surface area (Å²) in [6.07, 6.45) is 6.92. The third kappa shape index (κ3) is 4.15. The van der Waals surface area contributed by atoms with E-state index < -0.39 is 12.0 Å². The molecule has 2 heterocycles. The van der Waals surface area contributed by atoms with Crippen molar-refractivity contribution in [1.29, 1.82) is 0 Å². The van der Waals surface area contributed by atoms with Gasteiger partial charge < -0.3 is 24.2 Å². The first-order valence-electron chi connectivity index (χ1n) is 7.60. The molecule has 0 saturated heterocycles. The molecule has 130 valence electrons. The van der Waals surface area contributed by atoms with E-state index in [0.29, 0.717) is 6.54 Å². The summed E-state index contributed by atoms with van der Waals surface area (Å²) in [5, 5.41) is 9.57. The van der Waals surface area contributed by atoms with Crippen LogP contribution in [0.3, 0.4) is 0 Å². The predicted molar refractivity (Wildman–Crippen MR) is 86.0 cm³/mol. The summed E-state index contributed by atoms with van der Waals surface area (Å²) < 4.78 is 15.8. The van der Waals surface area contributed by atoms with Crippen molar-refractivity contribution in [3.05, 3.63) is 30.2 Å². The Kier molecular flexibility index (Phi) is 6.00. The van der Waals surface area contributed by atoms with E-state index in [4.69, 9.17) is 14.2 Å². The molecule has 0 saturated carbocycles. The van der Waals surface area contributed by atoms with Crippen molar-refractivity contribution in [2.45, 2.75) is 25.8 Å². The third-order valence-electron chi connectivity index (χ3n) is 3.43. The monoisotopic (exact) mass is 335 g/mol. The lowest BCUT2D eigenvalue weighted by atomic mass is 10.1. The minimum atomic E-state index is -1.00. The summed E-state index contributed by atoms with van der Waals surface area (Å²) in [7, 11) is 2.92. The number of carboxylic acid groups (broad SMARTS) is 1. The maximum atomic E-state index is 11.7. The smallest absolute Gasteiger partial charge is 0.334 e. The lowest BCUT2D eigenvalue weighted by Crippen LogP contribution is -2.42. The molecular weight excluding hydrogens is 314 g/mol. The van der Waals surface area contributed by atoms with Crippen LogP contribution in [0.15, 0.2) is 30.2 Å².